The molecule has 0 spiro atoms. The van der Waals surface area contributed by atoms with Crippen molar-refractivity contribution in [3.05, 3.63) is 188 Å². The van der Waals surface area contributed by atoms with Crippen LogP contribution in [0.1, 0.15) is 0 Å². The highest BCUT2D eigenvalue weighted by Crippen LogP contribution is 2.54. The Balaban J connectivity index is 1.23. The van der Waals surface area contributed by atoms with Crippen LogP contribution < -0.4 is 4.90 Å². The highest BCUT2D eigenvalue weighted by atomic mass is 15.2. The summed E-state index contributed by atoms with van der Waals surface area (Å²) in [5.74, 6) is 1.90. The molecule has 52 heavy (non-hydrogen) atoms. The standard InChI is InChI=1S/C47H31N5/c1-4-17-32(18-5-1)45-48-46(33-19-6-2-7-20-33)50-47(49-45)34-21-16-24-36(31-34)52-41-29-14-11-26-38(41)43-37-25-10-13-28-40(37)51(35-22-8-3-9-23-35)42-30-15-12-27-39(42)44(43)52/h1-31H. The molecule has 0 aliphatic carbocycles. The van der Waals surface area contributed by atoms with Crippen molar-refractivity contribution in [1.82, 2.24) is 19.5 Å². The molecular formula is C47H31N5. The molecule has 0 saturated heterocycles. The first-order valence-electron chi connectivity index (χ1n) is 17.5. The van der Waals surface area contributed by atoms with Crippen molar-refractivity contribution >= 4 is 28.0 Å². The van der Waals surface area contributed by atoms with E-state index in [1.54, 1.807) is 0 Å². The van der Waals surface area contributed by atoms with Crippen LogP contribution >= 0.6 is 0 Å². The largest absolute Gasteiger partial charge is 0.309 e. The van der Waals surface area contributed by atoms with Gasteiger partial charge in [0.15, 0.2) is 17.5 Å². The van der Waals surface area contributed by atoms with Gasteiger partial charge in [-0.25, -0.2) is 15.0 Å². The van der Waals surface area contributed by atoms with E-state index in [4.69, 9.17) is 15.0 Å². The Hall–Kier alpha value is -7.11. The van der Waals surface area contributed by atoms with E-state index in [2.05, 4.69) is 137 Å². The van der Waals surface area contributed by atoms with Crippen molar-refractivity contribution in [2.45, 2.75) is 0 Å². The highest BCUT2D eigenvalue weighted by Gasteiger charge is 2.31. The number of fused-ring (bicyclic) bond motifs is 7. The normalized spacial score (nSPS) is 11.8. The van der Waals surface area contributed by atoms with Gasteiger partial charge in [0, 0.05) is 50.1 Å². The first-order chi connectivity index (χ1) is 25.8. The van der Waals surface area contributed by atoms with Crippen LogP contribution in [0.2, 0.25) is 0 Å². The fourth-order valence-corrected chi connectivity index (χ4v) is 7.49. The predicted molar refractivity (Wildman–Crippen MR) is 212 cm³/mol. The second-order valence-corrected chi connectivity index (χ2v) is 12.9. The zero-order chi connectivity index (χ0) is 34.4. The molecule has 5 heteroatoms. The van der Waals surface area contributed by atoms with Gasteiger partial charge in [-0.05, 0) is 42.5 Å². The van der Waals surface area contributed by atoms with Crippen LogP contribution in [-0.4, -0.2) is 19.5 Å². The predicted octanol–water partition coefficient (Wildman–Crippen LogP) is 11.9. The van der Waals surface area contributed by atoms with Crippen LogP contribution in [0, 0.1) is 0 Å². The Morgan fingerprint density at radius 2 is 0.846 bits per heavy atom. The number of rotatable bonds is 5. The minimum atomic E-state index is 0.623. The number of aromatic nitrogens is 4. The molecule has 0 bridgehead atoms. The van der Waals surface area contributed by atoms with Crippen LogP contribution in [0.25, 0.3) is 73.1 Å². The van der Waals surface area contributed by atoms with Gasteiger partial charge in [0.05, 0.1) is 22.6 Å². The minimum Gasteiger partial charge on any atom is -0.309 e. The molecule has 7 aromatic carbocycles. The number of nitrogens with zero attached hydrogens (tertiary/aromatic N) is 5. The summed E-state index contributed by atoms with van der Waals surface area (Å²) in [6.07, 6.45) is 0. The van der Waals surface area contributed by atoms with Crippen LogP contribution in [-0.2, 0) is 0 Å². The maximum absolute atomic E-state index is 5.06. The van der Waals surface area contributed by atoms with E-state index < -0.39 is 0 Å². The monoisotopic (exact) mass is 665 g/mol. The topological polar surface area (TPSA) is 46.8 Å². The van der Waals surface area contributed by atoms with Crippen molar-refractivity contribution in [3.63, 3.8) is 0 Å². The Bertz CT molecular complexity index is 2680. The Morgan fingerprint density at radius 3 is 1.52 bits per heavy atom. The third-order valence-corrected chi connectivity index (χ3v) is 9.77. The lowest BCUT2D eigenvalue weighted by Gasteiger charge is -2.27. The summed E-state index contributed by atoms with van der Waals surface area (Å²) in [6, 6.07) is 65.7. The van der Waals surface area contributed by atoms with E-state index in [-0.39, 0.29) is 0 Å². The number of hydrogen-bond acceptors (Lipinski definition) is 4. The first kappa shape index (κ1) is 29.8. The molecule has 0 fully saturated rings. The van der Waals surface area contributed by atoms with Crippen LogP contribution in [0.3, 0.4) is 0 Å². The van der Waals surface area contributed by atoms with Gasteiger partial charge in [0.1, 0.15) is 0 Å². The second-order valence-electron chi connectivity index (χ2n) is 12.9. The van der Waals surface area contributed by atoms with Gasteiger partial charge in [-0.15, -0.1) is 0 Å². The van der Waals surface area contributed by atoms with E-state index in [1.807, 2.05) is 60.7 Å². The molecule has 1 aliphatic rings. The average Bonchev–Trinajstić information content (AvgIpc) is 3.51. The maximum atomic E-state index is 5.06. The molecule has 2 aromatic heterocycles. The quantitative estimate of drug-likeness (QED) is 0.184. The number of benzene rings is 7. The average molecular weight is 666 g/mol. The molecule has 0 saturated carbocycles. The molecule has 1 aliphatic heterocycles. The number of para-hydroxylation sites is 4. The lowest BCUT2D eigenvalue weighted by Crippen LogP contribution is -2.11. The van der Waals surface area contributed by atoms with Crippen LogP contribution in [0.5, 0.6) is 0 Å². The van der Waals surface area contributed by atoms with E-state index >= 15 is 0 Å². The smallest absolute Gasteiger partial charge is 0.164 e. The lowest BCUT2D eigenvalue weighted by molar-refractivity contribution is 1.07. The third-order valence-electron chi connectivity index (χ3n) is 9.77. The summed E-state index contributed by atoms with van der Waals surface area (Å²) >= 11 is 0. The third kappa shape index (κ3) is 4.90. The van der Waals surface area contributed by atoms with Crippen LogP contribution in [0.15, 0.2) is 188 Å². The minimum absolute atomic E-state index is 0.623. The molecule has 0 radical (unpaired) electrons. The van der Waals surface area contributed by atoms with E-state index in [0.29, 0.717) is 17.5 Å². The van der Waals surface area contributed by atoms with Gasteiger partial charge in [0.2, 0.25) is 0 Å². The fourth-order valence-electron chi connectivity index (χ4n) is 7.49. The molecule has 0 amide bonds. The van der Waals surface area contributed by atoms with Gasteiger partial charge in [-0.3, -0.25) is 0 Å². The fraction of sp³-hybridized carbons (Fsp3) is 0. The number of anilines is 3. The summed E-state index contributed by atoms with van der Waals surface area (Å²) in [7, 11) is 0. The second kappa shape index (κ2) is 12.3. The zero-order valence-corrected chi connectivity index (χ0v) is 28.1. The molecule has 3 heterocycles. The Kier molecular flexibility index (Phi) is 7.07. The molecule has 244 valence electrons. The Labute approximate surface area is 301 Å². The Morgan fingerprint density at radius 1 is 0.365 bits per heavy atom. The number of hydrogen-bond donors (Lipinski definition) is 0. The van der Waals surface area contributed by atoms with Gasteiger partial charge in [-0.2, -0.15) is 0 Å². The van der Waals surface area contributed by atoms with Crippen molar-refractivity contribution in [1.29, 1.82) is 0 Å². The lowest BCUT2D eigenvalue weighted by atomic mass is 9.98. The first-order valence-corrected chi connectivity index (χ1v) is 17.5. The van der Waals surface area contributed by atoms with E-state index in [9.17, 15) is 0 Å². The van der Waals surface area contributed by atoms with Crippen molar-refractivity contribution in [2.24, 2.45) is 0 Å². The van der Waals surface area contributed by atoms with Gasteiger partial charge in [-0.1, -0.05) is 146 Å². The summed E-state index contributed by atoms with van der Waals surface area (Å²) in [5.41, 5.74) is 13.0. The molecule has 0 N–H and O–H groups in total. The SMILES string of the molecule is c1ccc(-c2nc(-c3ccccc3)nc(-c3cccc(-n4c5c(c6ccccc64)-c4ccccc4N(c4ccccc4)c4ccccc4-5)c3)n2)cc1. The zero-order valence-electron chi connectivity index (χ0n) is 28.1. The van der Waals surface area contributed by atoms with Crippen molar-refractivity contribution < 1.29 is 0 Å². The molecule has 0 atom stereocenters. The van der Waals surface area contributed by atoms with Crippen molar-refractivity contribution in [2.75, 3.05) is 4.90 Å². The molecule has 0 unspecified atom stereocenters. The van der Waals surface area contributed by atoms with Crippen LogP contribution in [0.4, 0.5) is 17.1 Å². The van der Waals surface area contributed by atoms with E-state index in [0.717, 1.165) is 56.2 Å². The molecule has 5 nitrogen and oxygen atoms in total. The molecular weight excluding hydrogens is 635 g/mol. The summed E-state index contributed by atoms with van der Waals surface area (Å²) in [4.78, 5) is 17.4. The molecule has 10 rings (SSSR count). The molecule has 9 aromatic rings. The van der Waals surface area contributed by atoms with Crippen molar-refractivity contribution in [3.8, 4) is 62.2 Å². The maximum Gasteiger partial charge on any atom is 0.164 e. The summed E-state index contributed by atoms with van der Waals surface area (Å²) in [6.45, 7) is 0. The van der Waals surface area contributed by atoms with E-state index in [1.165, 1.54) is 16.5 Å². The van der Waals surface area contributed by atoms with Gasteiger partial charge >= 0.3 is 0 Å². The van der Waals surface area contributed by atoms with Gasteiger partial charge in [0.25, 0.3) is 0 Å². The summed E-state index contributed by atoms with van der Waals surface area (Å²) < 4.78 is 2.41. The summed E-state index contributed by atoms with van der Waals surface area (Å²) in [5, 5.41) is 1.19. The highest BCUT2D eigenvalue weighted by molar-refractivity contribution is 6.13. The van der Waals surface area contributed by atoms with Gasteiger partial charge < -0.3 is 9.47 Å².